The Hall–Kier alpha value is -2.37. The molecule has 0 spiro atoms. The van der Waals surface area contributed by atoms with Gasteiger partial charge in [0.2, 0.25) is 11.8 Å². The Kier molecular flexibility index (Phi) is 7.56. The number of carbonyl (C=O) groups excluding carboxylic acids is 2. The molecule has 0 radical (unpaired) electrons. The van der Waals surface area contributed by atoms with Gasteiger partial charge in [-0.1, -0.05) is 30.3 Å². The highest BCUT2D eigenvalue weighted by Crippen LogP contribution is 1.99. The Labute approximate surface area is 123 Å². The summed E-state index contributed by atoms with van der Waals surface area (Å²) in [5.74, 6) is -1.20. The highest BCUT2D eigenvalue weighted by atomic mass is 16.4. The first kappa shape index (κ1) is 16.7. The summed E-state index contributed by atoms with van der Waals surface area (Å²) >= 11 is 0. The third kappa shape index (κ3) is 8.41. The zero-order chi connectivity index (χ0) is 15.5. The van der Waals surface area contributed by atoms with E-state index in [2.05, 4.69) is 10.6 Å². The first-order valence-corrected chi connectivity index (χ1v) is 6.87. The molecule has 6 nitrogen and oxygen atoms in total. The van der Waals surface area contributed by atoms with Crippen molar-refractivity contribution >= 4 is 17.8 Å². The standard InChI is InChI=1S/C15H20N2O4/c18-13(16-9-4-7-15(20)21)8-10-17-14(19)11-12-5-2-1-3-6-12/h1-3,5-6H,4,7-11H2,(H,16,18)(H,17,19)(H,20,21). The lowest BCUT2D eigenvalue weighted by atomic mass is 10.1. The van der Waals surface area contributed by atoms with E-state index in [4.69, 9.17) is 5.11 Å². The molecule has 0 saturated heterocycles. The second-order valence-corrected chi connectivity index (χ2v) is 4.61. The minimum Gasteiger partial charge on any atom is -0.481 e. The van der Waals surface area contributed by atoms with E-state index in [1.165, 1.54) is 0 Å². The van der Waals surface area contributed by atoms with Crippen LogP contribution in [0.5, 0.6) is 0 Å². The van der Waals surface area contributed by atoms with Crippen molar-refractivity contribution in [1.82, 2.24) is 10.6 Å². The molecule has 0 aliphatic carbocycles. The van der Waals surface area contributed by atoms with Crippen molar-refractivity contribution in [3.8, 4) is 0 Å². The monoisotopic (exact) mass is 292 g/mol. The van der Waals surface area contributed by atoms with Crippen molar-refractivity contribution < 1.29 is 19.5 Å². The molecule has 0 heterocycles. The fourth-order valence-electron chi connectivity index (χ4n) is 1.72. The fourth-order valence-corrected chi connectivity index (χ4v) is 1.72. The van der Waals surface area contributed by atoms with Gasteiger partial charge in [-0.15, -0.1) is 0 Å². The van der Waals surface area contributed by atoms with Crippen LogP contribution in [0.4, 0.5) is 0 Å². The number of aliphatic carboxylic acids is 1. The van der Waals surface area contributed by atoms with Gasteiger partial charge >= 0.3 is 5.97 Å². The third-order valence-electron chi connectivity index (χ3n) is 2.77. The van der Waals surface area contributed by atoms with Crippen LogP contribution >= 0.6 is 0 Å². The quantitative estimate of drug-likeness (QED) is 0.584. The van der Waals surface area contributed by atoms with Gasteiger partial charge in [0.05, 0.1) is 6.42 Å². The first-order valence-electron chi connectivity index (χ1n) is 6.87. The molecule has 0 aromatic heterocycles. The lowest BCUT2D eigenvalue weighted by Crippen LogP contribution is -2.32. The van der Waals surface area contributed by atoms with E-state index in [1.807, 2.05) is 30.3 Å². The number of rotatable bonds is 9. The molecule has 0 atom stereocenters. The maximum absolute atomic E-state index is 11.6. The van der Waals surface area contributed by atoms with E-state index in [0.29, 0.717) is 19.4 Å². The molecule has 0 fully saturated rings. The molecular formula is C15H20N2O4. The number of hydrogen-bond acceptors (Lipinski definition) is 3. The van der Waals surface area contributed by atoms with Gasteiger partial charge in [-0.2, -0.15) is 0 Å². The molecule has 0 saturated carbocycles. The summed E-state index contributed by atoms with van der Waals surface area (Å²) in [7, 11) is 0. The largest absolute Gasteiger partial charge is 0.481 e. The van der Waals surface area contributed by atoms with Gasteiger partial charge in [-0.25, -0.2) is 0 Å². The molecule has 114 valence electrons. The molecule has 21 heavy (non-hydrogen) atoms. The van der Waals surface area contributed by atoms with Gasteiger partial charge in [-0.05, 0) is 12.0 Å². The molecule has 0 unspecified atom stereocenters. The highest BCUT2D eigenvalue weighted by molar-refractivity contribution is 5.80. The van der Waals surface area contributed by atoms with Gasteiger partial charge in [0.15, 0.2) is 0 Å². The fraction of sp³-hybridized carbons (Fsp3) is 0.400. The number of amides is 2. The number of nitrogens with one attached hydrogen (secondary N) is 2. The van der Waals surface area contributed by atoms with E-state index in [1.54, 1.807) is 0 Å². The Morgan fingerprint density at radius 1 is 0.905 bits per heavy atom. The molecular weight excluding hydrogens is 272 g/mol. The zero-order valence-corrected chi connectivity index (χ0v) is 11.8. The van der Waals surface area contributed by atoms with Crippen molar-refractivity contribution in [2.75, 3.05) is 13.1 Å². The van der Waals surface area contributed by atoms with Gasteiger partial charge in [0.1, 0.15) is 0 Å². The van der Waals surface area contributed by atoms with Crippen molar-refractivity contribution in [3.05, 3.63) is 35.9 Å². The highest BCUT2D eigenvalue weighted by Gasteiger charge is 2.05. The van der Waals surface area contributed by atoms with Crippen molar-refractivity contribution in [1.29, 1.82) is 0 Å². The summed E-state index contributed by atoms with van der Waals surface area (Å²) < 4.78 is 0. The molecule has 0 aliphatic rings. The first-order chi connectivity index (χ1) is 10.1. The second-order valence-electron chi connectivity index (χ2n) is 4.61. The molecule has 1 rings (SSSR count). The second kappa shape index (κ2) is 9.52. The lowest BCUT2D eigenvalue weighted by Gasteiger charge is -2.06. The predicted octanol–water partition coefficient (Wildman–Crippen LogP) is 0.716. The SMILES string of the molecule is O=C(O)CCCNC(=O)CCNC(=O)Cc1ccccc1. The molecule has 0 bridgehead atoms. The normalized spacial score (nSPS) is 9.90. The van der Waals surface area contributed by atoms with Gasteiger partial charge in [-0.3, -0.25) is 14.4 Å². The summed E-state index contributed by atoms with van der Waals surface area (Å²) in [6, 6.07) is 9.36. The van der Waals surface area contributed by atoms with E-state index in [-0.39, 0.29) is 31.2 Å². The smallest absolute Gasteiger partial charge is 0.303 e. The maximum atomic E-state index is 11.6. The summed E-state index contributed by atoms with van der Waals surface area (Å²) in [5.41, 5.74) is 0.924. The van der Waals surface area contributed by atoms with Crippen LogP contribution in [0, 0.1) is 0 Å². The average molecular weight is 292 g/mol. The predicted molar refractivity (Wildman–Crippen MR) is 77.7 cm³/mol. The number of carboxylic acid groups (broad SMARTS) is 1. The topological polar surface area (TPSA) is 95.5 Å². The van der Waals surface area contributed by atoms with E-state index >= 15 is 0 Å². The van der Waals surface area contributed by atoms with E-state index < -0.39 is 5.97 Å². The summed E-state index contributed by atoms with van der Waals surface area (Å²) in [4.78, 5) is 33.3. The van der Waals surface area contributed by atoms with Crippen LogP contribution in [0.2, 0.25) is 0 Å². The summed E-state index contributed by atoms with van der Waals surface area (Å²) in [5, 5.41) is 13.7. The third-order valence-corrected chi connectivity index (χ3v) is 2.77. The van der Waals surface area contributed by atoms with Crippen LogP contribution in [0.1, 0.15) is 24.8 Å². The summed E-state index contributed by atoms with van der Waals surface area (Å²) in [6.45, 7) is 0.611. The molecule has 1 aromatic carbocycles. The van der Waals surface area contributed by atoms with E-state index in [0.717, 1.165) is 5.56 Å². The van der Waals surface area contributed by atoms with Crippen LogP contribution in [0.25, 0.3) is 0 Å². The Balaban J connectivity index is 2.08. The lowest BCUT2D eigenvalue weighted by molar-refractivity contribution is -0.137. The van der Waals surface area contributed by atoms with Gasteiger partial charge in [0, 0.05) is 25.9 Å². The van der Waals surface area contributed by atoms with Crippen molar-refractivity contribution in [2.24, 2.45) is 0 Å². The van der Waals surface area contributed by atoms with Crippen LogP contribution < -0.4 is 10.6 Å². The Bertz CT molecular complexity index is 474. The average Bonchev–Trinajstić information content (AvgIpc) is 2.44. The maximum Gasteiger partial charge on any atom is 0.303 e. The van der Waals surface area contributed by atoms with Crippen LogP contribution in [0.3, 0.4) is 0 Å². The van der Waals surface area contributed by atoms with Crippen LogP contribution in [-0.4, -0.2) is 36.0 Å². The molecule has 0 aliphatic heterocycles. The Morgan fingerprint density at radius 3 is 2.24 bits per heavy atom. The number of hydrogen-bond donors (Lipinski definition) is 3. The molecule has 6 heteroatoms. The van der Waals surface area contributed by atoms with Crippen molar-refractivity contribution in [3.63, 3.8) is 0 Å². The Morgan fingerprint density at radius 2 is 1.57 bits per heavy atom. The minimum absolute atomic E-state index is 0.0358. The minimum atomic E-state index is -0.877. The molecule has 2 amide bonds. The molecule has 3 N–H and O–H groups in total. The van der Waals surface area contributed by atoms with Gasteiger partial charge < -0.3 is 15.7 Å². The number of carbonyl (C=O) groups is 3. The van der Waals surface area contributed by atoms with Crippen molar-refractivity contribution in [2.45, 2.75) is 25.7 Å². The number of carboxylic acids is 1. The van der Waals surface area contributed by atoms with Gasteiger partial charge in [0.25, 0.3) is 0 Å². The van der Waals surface area contributed by atoms with E-state index in [9.17, 15) is 14.4 Å². The van der Waals surface area contributed by atoms with Crippen LogP contribution in [-0.2, 0) is 20.8 Å². The number of benzene rings is 1. The molecule has 1 aromatic rings. The zero-order valence-electron chi connectivity index (χ0n) is 11.8. The summed E-state index contributed by atoms with van der Waals surface area (Å²) in [6.07, 6.45) is 0.921. The van der Waals surface area contributed by atoms with Crippen LogP contribution in [0.15, 0.2) is 30.3 Å².